The van der Waals surface area contributed by atoms with E-state index in [0.717, 1.165) is 30.7 Å². The molecule has 0 fully saturated rings. The summed E-state index contributed by atoms with van der Waals surface area (Å²) in [5.41, 5.74) is 1.50. The van der Waals surface area contributed by atoms with E-state index in [1.165, 1.54) is 0 Å². The molecule has 0 bridgehead atoms. The van der Waals surface area contributed by atoms with E-state index in [-0.39, 0.29) is 5.91 Å². The third kappa shape index (κ3) is 6.86. The highest BCUT2D eigenvalue weighted by Crippen LogP contribution is 2.17. The van der Waals surface area contributed by atoms with Gasteiger partial charge in [0.05, 0.1) is 7.11 Å². The van der Waals surface area contributed by atoms with E-state index in [0.29, 0.717) is 30.4 Å². The number of nitrogens with zero attached hydrogens (tertiary/aromatic N) is 3. The van der Waals surface area contributed by atoms with Crippen LogP contribution in [0.2, 0.25) is 0 Å². The average molecular weight is 371 g/mol. The number of para-hydroxylation sites is 1. The highest BCUT2D eigenvalue weighted by atomic mass is 16.5. The van der Waals surface area contributed by atoms with Crippen LogP contribution in [0.25, 0.3) is 0 Å². The summed E-state index contributed by atoms with van der Waals surface area (Å²) >= 11 is 0. The Bertz CT molecular complexity index is 749. The smallest absolute Gasteiger partial charge is 0.270 e. The molecule has 0 aliphatic heterocycles. The summed E-state index contributed by atoms with van der Waals surface area (Å²) in [6, 6.07) is 9.62. The molecular formula is C20H29N5O2. The number of rotatable bonds is 10. The lowest BCUT2D eigenvalue weighted by molar-refractivity contribution is 0.0947. The monoisotopic (exact) mass is 371 g/mol. The fourth-order valence-corrected chi connectivity index (χ4v) is 2.70. The van der Waals surface area contributed by atoms with Gasteiger partial charge in [0.15, 0.2) is 0 Å². The average Bonchev–Trinajstić information content (AvgIpc) is 2.65. The summed E-state index contributed by atoms with van der Waals surface area (Å²) in [6.07, 6.45) is 1.69. The minimum atomic E-state index is -0.174. The zero-order chi connectivity index (χ0) is 19.6. The lowest BCUT2D eigenvalue weighted by atomic mass is 10.1. The van der Waals surface area contributed by atoms with E-state index in [1.54, 1.807) is 20.1 Å². The molecule has 1 amide bonds. The second kappa shape index (κ2) is 10.5. The van der Waals surface area contributed by atoms with Crippen molar-refractivity contribution < 1.29 is 9.53 Å². The van der Waals surface area contributed by atoms with Crippen LogP contribution in [-0.2, 0) is 6.42 Å². The Kier molecular flexibility index (Phi) is 8.00. The summed E-state index contributed by atoms with van der Waals surface area (Å²) in [6.45, 7) is 4.02. The number of hydrogen-bond donors (Lipinski definition) is 2. The number of carbonyl (C=O) groups excluding carboxylic acids is 1. The zero-order valence-corrected chi connectivity index (χ0v) is 16.6. The normalized spacial score (nSPS) is 10.7. The molecular weight excluding hydrogens is 342 g/mol. The van der Waals surface area contributed by atoms with Crippen LogP contribution in [-0.4, -0.2) is 61.6 Å². The molecule has 0 aliphatic rings. The Hall–Kier alpha value is -2.67. The van der Waals surface area contributed by atoms with E-state index in [2.05, 4.69) is 25.5 Å². The first-order valence-corrected chi connectivity index (χ1v) is 9.14. The van der Waals surface area contributed by atoms with Gasteiger partial charge in [0.1, 0.15) is 23.1 Å². The van der Waals surface area contributed by atoms with Gasteiger partial charge in [-0.15, -0.1) is 0 Å². The van der Waals surface area contributed by atoms with E-state index in [1.807, 2.05) is 38.4 Å². The molecule has 0 saturated carbocycles. The van der Waals surface area contributed by atoms with Crippen molar-refractivity contribution in [3.05, 3.63) is 47.4 Å². The molecule has 1 aromatic carbocycles. The molecule has 2 aromatic rings. The van der Waals surface area contributed by atoms with Gasteiger partial charge in [-0.25, -0.2) is 9.97 Å². The second-order valence-corrected chi connectivity index (χ2v) is 6.59. The molecule has 2 rings (SSSR count). The number of carbonyl (C=O) groups is 1. The van der Waals surface area contributed by atoms with Crippen molar-refractivity contribution in [1.82, 2.24) is 20.2 Å². The van der Waals surface area contributed by atoms with Gasteiger partial charge in [-0.05, 0) is 52.0 Å². The van der Waals surface area contributed by atoms with Crippen molar-refractivity contribution in [3.63, 3.8) is 0 Å². The number of hydrogen-bond acceptors (Lipinski definition) is 6. The third-order valence-electron chi connectivity index (χ3n) is 4.03. The number of nitrogens with one attached hydrogen (secondary N) is 2. The van der Waals surface area contributed by atoms with Gasteiger partial charge in [0, 0.05) is 19.2 Å². The zero-order valence-electron chi connectivity index (χ0n) is 16.6. The Balaban J connectivity index is 1.91. The number of aromatic nitrogens is 2. The summed E-state index contributed by atoms with van der Waals surface area (Å²) in [7, 11) is 5.70. The number of ether oxygens (including phenoxy) is 1. The van der Waals surface area contributed by atoms with Crippen LogP contribution >= 0.6 is 0 Å². The molecule has 0 atom stereocenters. The van der Waals surface area contributed by atoms with Gasteiger partial charge in [0.25, 0.3) is 5.91 Å². The number of amides is 1. The molecule has 0 spiro atoms. The molecule has 1 aromatic heterocycles. The summed E-state index contributed by atoms with van der Waals surface area (Å²) in [5, 5.41) is 6.17. The standard InChI is InChI=1S/C20H29N5O2/c1-15-23-17(20(26)22-11-7-13-25(2)3)14-19(24-15)21-12-10-16-8-5-6-9-18(16)27-4/h5-6,8-9,14H,7,10-13H2,1-4H3,(H,22,26)(H,21,23,24). The minimum Gasteiger partial charge on any atom is -0.496 e. The second-order valence-electron chi connectivity index (χ2n) is 6.59. The third-order valence-corrected chi connectivity index (χ3v) is 4.03. The SMILES string of the molecule is COc1ccccc1CCNc1cc(C(=O)NCCCN(C)C)nc(C)n1. The molecule has 2 N–H and O–H groups in total. The van der Waals surface area contributed by atoms with Crippen molar-refractivity contribution in [2.24, 2.45) is 0 Å². The fraction of sp³-hybridized carbons (Fsp3) is 0.450. The predicted molar refractivity (Wildman–Crippen MR) is 107 cm³/mol. The van der Waals surface area contributed by atoms with Gasteiger partial charge in [-0.2, -0.15) is 0 Å². The molecule has 27 heavy (non-hydrogen) atoms. The molecule has 7 nitrogen and oxygen atoms in total. The van der Waals surface area contributed by atoms with E-state index in [9.17, 15) is 4.79 Å². The molecule has 0 unspecified atom stereocenters. The Morgan fingerprint density at radius 1 is 1.19 bits per heavy atom. The maximum atomic E-state index is 12.3. The number of benzene rings is 1. The minimum absolute atomic E-state index is 0.174. The predicted octanol–water partition coefficient (Wildman–Crippen LogP) is 2.13. The van der Waals surface area contributed by atoms with Gasteiger partial charge in [-0.1, -0.05) is 18.2 Å². The molecule has 0 radical (unpaired) electrons. The van der Waals surface area contributed by atoms with Crippen LogP contribution < -0.4 is 15.4 Å². The number of anilines is 1. The lowest BCUT2D eigenvalue weighted by Crippen LogP contribution is -2.28. The van der Waals surface area contributed by atoms with Crippen LogP contribution in [0.15, 0.2) is 30.3 Å². The van der Waals surface area contributed by atoms with Crippen molar-refractivity contribution in [2.75, 3.05) is 46.2 Å². The molecule has 1 heterocycles. The number of methoxy groups -OCH3 is 1. The fourth-order valence-electron chi connectivity index (χ4n) is 2.70. The Morgan fingerprint density at radius 3 is 2.70 bits per heavy atom. The van der Waals surface area contributed by atoms with Crippen LogP contribution in [0.3, 0.4) is 0 Å². The van der Waals surface area contributed by atoms with Crippen LogP contribution in [0.1, 0.15) is 28.3 Å². The summed E-state index contributed by atoms with van der Waals surface area (Å²) < 4.78 is 5.37. The molecule has 0 saturated heterocycles. The van der Waals surface area contributed by atoms with Gasteiger partial charge in [-0.3, -0.25) is 4.79 Å². The Labute approximate surface area is 161 Å². The van der Waals surface area contributed by atoms with Gasteiger partial charge >= 0.3 is 0 Å². The maximum Gasteiger partial charge on any atom is 0.270 e. The number of aryl methyl sites for hydroxylation is 1. The molecule has 0 aliphatic carbocycles. The molecule has 146 valence electrons. The quantitative estimate of drug-likeness (QED) is 0.623. The summed E-state index contributed by atoms with van der Waals surface area (Å²) in [5.74, 6) is 1.91. The van der Waals surface area contributed by atoms with Crippen molar-refractivity contribution in [3.8, 4) is 5.75 Å². The van der Waals surface area contributed by atoms with Gasteiger partial charge < -0.3 is 20.3 Å². The maximum absolute atomic E-state index is 12.3. The van der Waals surface area contributed by atoms with Crippen molar-refractivity contribution >= 4 is 11.7 Å². The van der Waals surface area contributed by atoms with E-state index in [4.69, 9.17) is 4.74 Å². The summed E-state index contributed by atoms with van der Waals surface area (Å²) in [4.78, 5) is 23.0. The Morgan fingerprint density at radius 2 is 1.96 bits per heavy atom. The van der Waals surface area contributed by atoms with E-state index < -0.39 is 0 Å². The highest BCUT2D eigenvalue weighted by Gasteiger charge is 2.10. The van der Waals surface area contributed by atoms with Crippen LogP contribution in [0, 0.1) is 6.92 Å². The van der Waals surface area contributed by atoms with Crippen molar-refractivity contribution in [2.45, 2.75) is 19.8 Å². The first-order valence-electron chi connectivity index (χ1n) is 9.14. The first-order chi connectivity index (χ1) is 13.0. The lowest BCUT2D eigenvalue weighted by Gasteiger charge is -2.11. The van der Waals surface area contributed by atoms with Crippen LogP contribution in [0.5, 0.6) is 5.75 Å². The van der Waals surface area contributed by atoms with Crippen molar-refractivity contribution in [1.29, 1.82) is 0 Å². The van der Waals surface area contributed by atoms with E-state index >= 15 is 0 Å². The molecule has 7 heteroatoms. The highest BCUT2D eigenvalue weighted by molar-refractivity contribution is 5.92. The first kappa shape index (κ1) is 20.6. The van der Waals surface area contributed by atoms with Crippen LogP contribution in [0.4, 0.5) is 5.82 Å². The largest absolute Gasteiger partial charge is 0.496 e. The van der Waals surface area contributed by atoms with Gasteiger partial charge in [0.2, 0.25) is 0 Å². The topological polar surface area (TPSA) is 79.4 Å².